The minimum absolute atomic E-state index is 0.0847. The van der Waals surface area contributed by atoms with Crippen LogP contribution in [0.2, 0.25) is 0 Å². The number of aromatic nitrogens is 3. The number of rotatable bonds is 2. The molecule has 2 aromatic heterocycles. The van der Waals surface area contributed by atoms with Gasteiger partial charge in [0.15, 0.2) is 0 Å². The third-order valence-electron chi connectivity index (χ3n) is 6.25. The summed E-state index contributed by atoms with van der Waals surface area (Å²) >= 11 is 0. The number of hydrogen-bond donors (Lipinski definition) is 4. The summed E-state index contributed by atoms with van der Waals surface area (Å²) in [6, 6.07) is 1.27. The molecule has 0 bridgehead atoms. The molecule has 0 radical (unpaired) electrons. The number of aliphatic hydroxyl groups is 1. The lowest BCUT2D eigenvalue weighted by molar-refractivity contribution is -0.124. The number of β-amino-alcohol motifs (C(OH)–C–C–N with tert-alkyl or cyclic N) is 1. The summed E-state index contributed by atoms with van der Waals surface area (Å²) in [4.78, 5) is 33.6. The predicted molar refractivity (Wildman–Crippen MR) is 102 cm³/mol. The van der Waals surface area contributed by atoms with Gasteiger partial charge in [-0.1, -0.05) is 19.3 Å². The van der Waals surface area contributed by atoms with Gasteiger partial charge in [-0.15, -0.1) is 0 Å². The van der Waals surface area contributed by atoms with Crippen molar-refractivity contribution in [2.75, 3.05) is 18.4 Å². The number of nitrogens with one attached hydrogen (secondary N) is 3. The van der Waals surface area contributed by atoms with Gasteiger partial charge in [0.25, 0.3) is 5.91 Å². The molecule has 0 aromatic carbocycles. The zero-order chi connectivity index (χ0) is 19.3. The van der Waals surface area contributed by atoms with Crippen LogP contribution in [0.1, 0.15) is 49.0 Å². The summed E-state index contributed by atoms with van der Waals surface area (Å²) in [5.41, 5.74) is 1.20. The van der Waals surface area contributed by atoms with E-state index in [0.29, 0.717) is 24.6 Å². The standard InChI is InChI=1S/C19H24N6O3/c26-12-7-13(16(27)20-9-12)23-18-21-8-11-6-14-17(28)22-10-19(4-2-1-3-5-19)25(14)15(11)24-18/h6,8,12-13,26H,1-5,7,9-10H2,(H,20,27)(H,22,28)(H,21,23,24). The lowest BCUT2D eigenvalue weighted by atomic mass is 9.80. The van der Waals surface area contributed by atoms with Crippen molar-refractivity contribution in [2.45, 2.75) is 56.2 Å². The Morgan fingerprint density at radius 3 is 2.86 bits per heavy atom. The molecule has 1 saturated carbocycles. The number of nitrogens with zero attached hydrogens (tertiary/aromatic N) is 3. The van der Waals surface area contributed by atoms with Crippen molar-refractivity contribution in [1.82, 2.24) is 25.2 Å². The number of anilines is 1. The number of amides is 2. The van der Waals surface area contributed by atoms with Gasteiger partial charge in [0.1, 0.15) is 17.4 Å². The maximum absolute atomic E-state index is 12.5. The number of aliphatic hydroxyl groups excluding tert-OH is 1. The third kappa shape index (κ3) is 2.72. The molecule has 28 heavy (non-hydrogen) atoms. The Labute approximate surface area is 161 Å². The van der Waals surface area contributed by atoms with E-state index < -0.39 is 12.1 Å². The van der Waals surface area contributed by atoms with E-state index in [0.717, 1.165) is 36.7 Å². The SMILES string of the molecule is O=C1NCC2(CCCCC2)n2c1cc1cnc(NC3CC(O)CNC3=O)nc12. The molecule has 2 unspecified atom stereocenters. The number of fused-ring (bicyclic) bond motifs is 4. The van der Waals surface area contributed by atoms with Gasteiger partial charge >= 0.3 is 0 Å². The summed E-state index contributed by atoms with van der Waals surface area (Å²) in [7, 11) is 0. The smallest absolute Gasteiger partial charge is 0.268 e. The molecule has 1 aliphatic carbocycles. The Morgan fingerprint density at radius 1 is 1.21 bits per heavy atom. The number of piperidine rings is 1. The molecule has 4 heterocycles. The Morgan fingerprint density at radius 2 is 2.04 bits per heavy atom. The van der Waals surface area contributed by atoms with Gasteiger partial charge in [-0.2, -0.15) is 4.98 Å². The zero-order valence-corrected chi connectivity index (χ0v) is 15.6. The number of hydrogen-bond acceptors (Lipinski definition) is 6. The van der Waals surface area contributed by atoms with Crippen LogP contribution in [0.4, 0.5) is 5.95 Å². The van der Waals surface area contributed by atoms with Crippen molar-refractivity contribution in [1.29, 1.82) is 0 Å². The average Bonchev–Trinajstić information content (AvgIpc) is 3.09. The first-order valence-electron chi connectivity index (χ1n) is 9.95. The molecule has 2 atom stereocenters. The van der Waals surface area contributed by atoms with E-state index in [1.807, 2.05) is 6.07 Å². The second kappa shape index (κ2) is 6.44. The van der Waals surface area contributed by atoms with E-state index in [-0.39, 0.29) is 23.9 Å². The highest BCUT2D eigenvalue weighted by Gasteiger charge is 2.41. The van der Waals surface area contributed by atoms with Crippen LogP contribution in [-0.4, -0.2) is 56.7 Å². The van der Waals surface area contributed by atoms with Crippen LogP contribution in [-0.2, 0) is 10.3 Å². The van der Waals surface area contributed by atoms with Gasteiger partial charge in [-0.3, -0.25) is 9.59 Å². The zero-order valence-electron chi connectivity index (χ0n) is 15.6. The van der Waals surface area contributed by atoms with Crippen LogP contribution >= 0.6 is 0 Å². The van der Waals surface area contributed by atoms with E-state index in [4.69, 9.17) is 0 Å². The third-order valence-corrected chi connectivity index (χ3v) is 6.25. The van der Waals surface area contributed by atoms with E-state index in [1.54, 1.807) is 6.20 Å². The van der Waals surface area contributed by atoms with Gasteiger partial charge in [-0.05, 0) is 18.9 Å². The molecule has 1 saturated heterocycles. The molecule has 148 valence electrons. The molecule has 9 heteroatoms. The van der Waals surface area contributed by atoms with Crippen molar-refractivity contribution in [2.24, 2.45) is 0 Å². The number of carbonyl (C=O) groups excluding carboxylic acids is 2. The van der Waals surface area contributed by atoms with E-state index in [1.165, 1.54) is 6.42 Å². The van der Waals surface area contributed by atoms with Crippen LogP contribution in [0.25, 0.3) is 11.0 Å². The minimum atomic E-state index is -0.589. The highest BCUT2D eigenvalue weighted by molar-refractivity contribution is 5.99. The molecule has 2 fully saturated rings. The Balaban J connectivity index is 1.55. The highest BCUT2D eigenvalue weighted by atomic mass is 16.3. The van der Waals surface area contributed by atoms with Gasteiger partial charge in [-0.25, -0.2) is 4.98 Å². The molecule has 5 rings (SSSR count). The van der Waals surface area contributed by atoms with Crippen LogP contribution in [0, 0.1) is 0 Å². The van der Waals surface area contributed by atoms with Crippen molar-refractivity contribution in [3.05, 3.63) is 18.0 Å². The fourth-order valence-electron chi connectivity index (χ4n) is 4.81. The normalized spacial score (nSPS) is 26.6. The Kier molecular flexibility index (Phi) is 4.01. The van der Waals surface area contributed by atoms with Crippen molar-refractivity contribution in [3.8, 4) is 0 Å². The molecule has 2 amide bonds. The van der Waals surface area contributed by atoms with E-state index in [9.17, 15) is 14.7 Å². The lowest BCUT2D eigenvalue weighted by Crippen LogP contribution is -2.52. The van der Waals surface area contributed by atoms with Crippen LogP contribution in [0.3, 0.4) is 0 Å². The first-order chi connectivity index (χ1) is 13.6. The summed E-state index contributed by atoms with van der Waals surface area (Å²) in [6.07, 6.45) is 6.90. The first kappa shape index (κ1) is 17.4. The predicted octanol–water partition coefficient (Wildman–Crippen LogP) is 0.495. The largest absolute Gasteiger partial charge is 0.391 e. The topological polar surface area (TPSA) is 121 Å². The molecule has 2 aliphatic heterocycles. The van der Waals surface area contributed by atoms with Crippen molar-refractivity contribution >= 4 is 28.8 Å². The highest BCUT2D eigenvalue weighted by Crippen LogP contribution is 2.40. The van der Waals surface area contributed by atoms with E-state index >= 15 is 0 Å². The van der Waals surface area contributed by atoms with Gasteiger partial charge in [0.2, 0.25) is 11.9 Å². The molecular formula is C19H24N6O3. The van der Waals surface area contributed by atoms with Crippen molar-refractivity contribution < 1.29 is 14.7 Å². The average molecular weight is 384 g/mol. The van der Waals surface area contributed by atoms with Gasteiger partial charge < -0.3 is 25.6 Å². The monoisotopic (exact) mass is 384 g/mol. The van der Waals surface area contributed by atoms with Crippen LogP contribution < -0.4 is 16.0 Å². The summed E-state index contributed by atoms with van der Waals surface area (Å²) in [5.74, 6) is 0.0763. The van der Waals surface area contributed by atoms with Crippen LogP contribution in [0.5, 0.6) is 0 Å². The maximum Gasteiger partial charge on any atom is 0.268 e. The molecule has 1 spiro atoms. The second-order valence-electron chi connectivity index (χ2n) is 8.14. The second-order valence-corrected chi connectivity index (χ2v) is 8.14. The Hall–Kier alpha value is -2.68. The fourth-order valence-corrected chi connectivity index (χ4v) is 4.81. The molecule has 2 aromatic rings. The fraction of sp³-hybridized carbons (Fsp3) is 0.579. The van der Waals surface area contributed by atoms with Crippen LogP contribution in [0.15, 0.2) is 12.3 Å². The molecular weight excluding hydrogens is 360 g/mol. The lowest BCUT2D eigenvalue weighted by Gasteiger charge is -2.42. The molecule has 4 N–H and O–H groups in total. The maximum atomic E-state index is 12.5. The summed E-state index contributed by atoms with van der Waals surface area (Å²) in [6.45, 7) is 0.882. The summed E-state index contributed by atoms with van der Waals surface area (Å²) < 4.78 is 2.10. The molecule has 3 aliphatic rings. The molecule has 9 nitrogen and oxygen atoms in total. The van der Waals surface area contributed by atoms with Crippen molar-refractivity contribution in [3.63, 3.8) is 0 Å². The van der Waals surface area contributed by atoms with Gasteiger partial charge in [0, 0.05) is 31.1 Å². The minimum Gasteiger partial charge on any atom is -0.391 e. The quantitative estimate of drug-likeness (QED) is 0.598. The first-order valence-corrected chi connectivity index (χ1v) is 9.95. The van der Waals surface area contributed by atoms with Gasteiger partial charge in [0.05, 0.1) is 11.6 Å². The summed E-state index contributed by atoms with van der Waals surface area (Å²) in [5, 5.41) is 19.4. The number of carbonyl (C=O) groups is 2. The van der Waals surface area contributed by atoms with E-state index in [2.05, 4.69) is 30.5 Å². The Bertz CT molecular complexity index is 949.